The molecule has 0 amide bonds. The molecule has 0 saturated heterocycles. The monoisotopic (exact) mass is 437 g/mol. The lowest BCUT2D eigenvalue weighted by Gasteiger charge is -2.14. The van der Waals surface area contributed by atoms with Crippen molar-refractivity contribution < 1.29 is 23.9 Å². The molecule has 32 heavy (non-hydrogen) atoms. The normalized spacial score (nSPS) is 10.8. The summed E-state index contributed by atoms with van der Waals surface area (Å²) in [5, 5.41) is 24.4. The summed E-state index contributed by atoms with van der Waals surface area (Å²) in [5.74, 6) is 1.89. The Morgan fingerprint density at radius 2 is 1.56 bits per heavy atom. The number of rotatable bonds is 7. The maximum Gasteiger partial charge on any atom is 0.311 e. The smallest absolute Gasteiger partial charge is 0.311 e. The summed E-state index contributed by atoms with van der Waals surface area (Å²) in [7, 11) is 5.94. The van der Waals surface area contributed by atoms with Crippen molar-refractivity contribution in [1.29, 1.82) is 0 Å². The van der Waals surface area contributed by atoms with Gasteiger partial charge < -0.3 is 18.9 Å². The van der Waals surface area contributed by atoms with Crippen molar-refractivity contribution in [2.45, 2.75) is 0 Å². The Kier molecular flexibility index (Phi) is 5.46. The number of aromatic nitrogens is 4. The molecule has 0 aliphatic rings. The van der Waals surface area contributed by atoms with Gasteiger partial charge in [-0.1, -0.05) is 0 Å². The number of nitro groups is 1. The van der Waals surface area contributed by atoms with Gasteiger partial charge in [0.05, 0.1) is 44.6 Å². The molecule has 0 aliphatic heterocycles. The Morgan fingerprint density at radius 3 is 2.22 bits per heavy atom. The van der Waals surface area contributed by atoms with Crippen LogP contribution in [0.4, 0.5) is 5.69 Å². The van der Waals surface area contributed by atoms with E-state index in [9.17, 15) is 10.1 Å². The van der Waals surface area contributed by atoms with Crippen LogP contribution in [0.1, 0.15) is 0 Å². The van der Waals surface area contributed by atoms with E-state index in [1.807, 2.05) is 0 Å². The molecular formula is C21H19N5O6. The molecule has 0 radical (unpaired) electrons. The van der Waals surface area contributed by atoms with E-state index in [4.69, 9.17) is 18.9 Å². The quantitative estimate of drug-likeness (QED) is 0.316. The first-order valence-electron chi connectivity index (χ1n) is 9.37. The van der Waals surface area contributed by atoms with Crippen LogP contribution in [0.2, 0.25) is 0 Å². The number of ether oxygens (including phenoxy) is 4. The van der Waals surface area contributed by atoms with Crippen molar-refractivity contribution in [2.75, 3.05) is 28.4 Å². The van der Waals surface area contributed by atoms with Gasteiger partial charge in [-0.05, 0) is 36.4 Å². The van der Waals surface area contributed by atoms with Crippen molar-refractivity contribution in [2.24, 2.45) is 0 Å². The van der Waals surface area contributed by atoms with Crippen LogP contribution in [0, 0.1) is 10.1 Å². The lowest BCUT2D eigenvalue weighted by atomic mass is 10.1. The Hall–Kier alpha value is -4.41. The number of benzene rings is 2. The van der Waals surface area contributed by atoms with Gasteiger partial charge in [0.15, 0.2) is 28.7 Å². The maximum atomic E-state index is 11.4. The van der Waals surface area contributed by atoms with E-state index >= 15 is 0 Å². The molecule has 0 aliphatic carbocycles. The van der Waals surface area contributed by atoms with Crippen molar-refractivity contribution in [3.63, 3.8) is 0 Å². The highest BCUT2D eigenvalue weighted by molar-refractivity contribution is 5.74. The predicted molar refractivity (Wildman–Crippen MR) is 115 cm³/mol. The highest BCUT2D eigenvalue weighted by Gasteiger charge is 2.22. The molecule has 0 atom stereocenters. The third-order valence-electron chi connectivity index (χ3n) is 4.88. The molecule has 4 rings (SSSR count). The Bertz CT molecular complexity index is 1320. The lowest BCUT2D eigenvalue weighted by molar-refractivity contribution is -0.385. The molecule has 0 spiro atoms. The summed E-state index contributed by atoms with van der Waals surface area (Å²) in [6.45, 7) is 0. The zero-order valence-corrected chi connectivity index (χ0v) is 17.7. The second-order valence-corrected chi connectivity index (χ2v) is 6.54. The van der Waals surface area contributed by atoms with Gasteiger partial charge in [0, 0.05) is 11.6 Å². The van der Waals surface area contributed by atoms with Crippen LogP contribution in [0.15, 0.2) is 42.5 Å². The predicted octanol–water partition coefficient (Wildman–Crippen LogP) is 3.40. The zero-order valence-electron chi connectivity index (χ0n) is 17.7. The number of nitro benzene ring substituents is 1. The van der Waals surface area contributed by atoms with Crippen LogP contribution < -0.4 is 18.9 Å². The Morgan fingerprint density at radius 1 is 0.844 bits per heavy atom. The second kappa shape index (κ2) is 8.38. The maximum absolute atomic E-state index is 11.4. The highest BCUT2D eigenvalue weighted by atomic mass is 16.6. The lowest BCUT2D eigenvalue weighted by Crippen LogP contribution is -2.01. The molecule has 0 saturated carbocycles. The van der Waals surface area contributed by atoms with Crippen molar-refractivity contribution >= 4 is 11.3 Å². The van der Waals surface area contributed by atoms with Gasteiger partial charge in [-0.3, -0.25) is 10.1 Å². The van der Waals surface area contributed by atoms with E-state index < -0.39 is 4.92 Å². The second-order valence-electron chi connectivity index (χ2n) is 6.54. The Balaban J connectivity index is 1.89. The van der Waals surface area contributed by atoms with Crippen LogP contribution in [-0.4, -0.2) is 53.2 Å². The fourth-order valence-electron chi connectivity index (χ4n) is 3.38. The van der Waals surface area contributed by atoms with Gasteiger partial charge in [0.25, 0.3) is 0 Å². The van der Waals surface area contributed by atoms with Crippen LogP contribution >= 0.6 is 0 Å². The average Bonchev–Trinajstić information content (AvgIpc) is 3.25. The van der Waals surface area contributed by atoms with Gasteiger partial charge in [0.2, 0.25) is 5.75 Å². The molecule has 11 heteroatoms. The van der Waals surface area contributed by atoms with Crippen LogP contribution in [0.3, 0.4) is 0 Å². The molecule has 2 aromatic heterocycles. The molecule has 11 nitrogen and oxygen atoms in total. The summed E-state index contributed by atoms with van der Waals surface area (Å²) in [4.78, 5) is 10.9. The first-order valence-corrected chi connectivity index (χ1v) is 9.37. The average molecular weight is 437 g/mol. The number of hydrogen-bond acceptors (Lipinski definition) is 9. The SMILES string of the molecule is COc1ccc(-c2ccc3nnc(-c4ccc(OC)c(OC)c4OC)n3n2)cc1[N+](=O)[O-]. The van der Waals surface area contributed by atoms with Gasteiger partial charge >= 0.3 is 5.69 Å². The van der Waals surface area contributed by atoms with Crippen molar-refractivity contribution in [1.82, 2.24) is 19.8 Å². The van der Waals surface area contributed by atoms with E-state index in [1.54, 1.807) is 30.3 Å². The highest BCUT2D eigenvalue weighted by Crippen LogP contribution is 2.43. The summed E-state index contributed by atoms with van der Waals surface area (Å²) in [6, 6.07) is 11.6. The molecule has 0 unspecified atom stereocenters. The minimum Gasteiger partial charge on any atom is -0.493 e. The third kappa shape index (κ3) is 3.39. The molecule has 0 N–H and O–H groups in total. The van der Waals surface area contributed by atoms with E-state index in [1.165, 1.54) is 45.1 Å². The van der Waals surface area contributed by atoms with Crippen molar-refractivity contribution in [3.05, 3.63) is 52.6 Å². The summed E-state index contributed by atoms with van der Waals surface area (Å²) in [5.41, 5.74) is 1.95. The van der Waals surface area contributed by atoms with E-state index in [0.29, 0.717) is 45.5 Å². The molecule has 164 valence electrons. The van der Waals surface area contributed by atoms with Crippen molar-refractivity contribution in [3.8, 4) is 45.6 Å². The van der Waals surface area contributed by atoms with E-state index in [0.717, 1.165) is 0 Å². The Labute approximate surface area is 182 Å². The minimum absolute atomic E-state index is 0.155. The first-order chi connectivity index (χ1) is 15.5. The van der Waals surface area contributed by atoms with Gasteiger partial charge in [-0.15, -0.1) is 10.2 Å². The van der Waals surface area contributed by atoms with Gasteiger partial charge in [0.1, 0.15) is 0 Å². The fraction of sp³-hybridized carbons (Fsp3) is 0.190. The largest absolute Gasteiger partial charge is 0.493 e. The standard InChI is InChI=1S/C21H19N5O6/c1-29-16-8-5-12(11-15(16)26(27)28)14-7-10-18-22-23-21(25(18)24-14)13-6-9-17(30-2)20(32-4)19(13)31-3/h5-11H,1-4H3. The van der Waals surface area contributed by atoms with Gasteiger partial charge in [-0.2, -0.15) is 9.61 Å². The summed E-state index contributed by atoms with van der Waals surface area (Å²) in [6.07, 6.45) is 0. The summed E-state index contributed by atoms with van der Waals surface area (Å²) >= 11 is 0. The topological polar surface area (TPSA) is 123 Å². The minimum atomic E-state index is -0.500. The molecule has 4 aromatic rings. The fourth-order valence-corrected chi connectivity index (χ4v) is 3.38. The number of nitrogens with zero attached hydrogens (tertiary/aromatic N) is 5. The van der Waals surface area contributed by atoms with Gasteiger partial charge in [-0.25, -0.2) is 0 Å². The van der Waals surface area contributed by atoms with Crippen LogP contribution in [-0.2, 0) is 0 Å². The third-order valence-corrected chi connectivity index (χ3v) is 4.88. The van der Waals surface area contributed by atoms with Crippen LogP contribution in [0.5, 0.6) is 23.0 Å². The zero-order chi connectivity index (χ0) is 22.8. The van der Waals surface area contributed by atoms with Crippen LogP contribution in [0.25, 0.3) is 28.3 Å². The summed E-state index contributed by atoms with van der Waals surface area (Å²) < 4.78 is 23.0. The first kappa shape index (κ1) is 20.8. The number of fused-ring (bicyclic) bond motifs is 1. The number of hydrogen-bond donors (Lipinski definition) is 0. The molecule has 2 aromatic carbocycles. The van der Waals surface area contributed by atoms with E-state index in [-0.39, 0.29) is 11.4 Å². The molecular weight excluding hydrogens is 418 g/mol. The molecule has 0 fully saturated rings. The number of methoxy groups -OCH3 is 4. The molecule has 0 bridgehead atoms. The molecule has 2 heterocycles. The van der Waals surface area contributed by atoms with E-state index in [2.05, 4.69) is 15.3 Å².